The van der Waals surface area contributed by atoms with Gasteiger partial charge in [-0.2, -0.15) is 5.10 Å². The van der Waals surface area contributed by atoms with E-state index in [0.29, 0.717) is 30.7 Å². The number of anilines is 1. The van der Waals surface area contributed by atoms with Crippen LogP contribution in [0.25, 0.3) is 11.3 Å². The van der Waals surface area contributed by atoms with Crippen molar-refractivity contribution in [3.63, 3.8) is 0 Å². The number of hydrogen-bond acceptors (Lipinski definition) is 8. The summed E-state index contributed by atoms with van der Waals surface area (Å²) >= 11 is 0. The first-order valence-electron chi connectivity index (χ1n) is 11.3. The number of likely N-dealkylation sites (tertiary alicyclic amines) is 1. The van der Waals surface area contributed by atoms with Crippen molar-refractivity contribution in [1.82, 2.24) is 24.6 Å². The number of nitrogens with two attached hydrogens (primary N) is 1. The highest BCUT2D eigenvalue weighted by atomic mass is 16.5. The molecule has 33 heavy (non-hydrogen) atoms. The molecule has 0 aliphatic carbocycles. The van der Waals surface area contributed by atoms with Crippen LogP contribution in [-0.4, -0.2) is 63.1 Å². The Bertz CT molecular complexity index is 1170. The number of aryl methyl sites for hydroxylation is 1. The van der Waals surface area contributed by atoms with Gasteiger partial charge in [0, 0.05) is 5.56 Å². The summed E-state index contributed by atoms with van der Waals surface area (Å²) in [6.45, 7) is 6.72. The maximum absolute atomic E-state index is 10.9. The van der Waals surface area contributed by atoms with Crippen LogP contribution < -0.4 is 10.5 Å². The molecule has 0 atom stereocenters. The smallest absolute Gasteiger partial charge is 0.263 e. The molecule has 0 bridgehead atoms. The normalized spacial score (nSPS) is 18.8. The summed E-state index contributed by atoms with van der Waals surface area (Å²) in [5.41, 5.74) is 9.53. The summed E-state index contributed by atoms with van der Waals surface area (Å²) in [6.07, 6.45) is 7.32. The first kappa shape index (κ1) is 21.8. The fourth-order valence-electron chi connectivity index (χ4n) is 4.48. The highest BCUT2D eigenvalue weighted by molar-refractivity contribution is 5.65. The predicted octanol–water partition coefficient (Wildman–Crippen LogP) is 2.82. The lowest BCUT2D eigenvalue weighted by Crippen LogP contribution is -2.47. The van der Waals surface area contributed by atoms with Crippen LogP contribution in [0.4, 0.5) is 5.82 Å². The van der Waals surface area contributed by atoms with Crippen LogP contribution in [0.1, 0.15) is 35.6 Å². The van der Waals surface area contributed by atoms with Crippen molar-refractivity contribution in [3.05, 3.63) is 47.4 Å². The first-order valence-corrected chi connectivity index (χ1v) is 11.3. The topological polar surface area (TPSA) is 112 Å². The lowest BCUT2D eigenvalue weighted by molar-refractivity contribution is -0.184. The molecule has 9 heteroatoms. The van der Waals surface area contributed by atoms with E-state index >= 15 is 0 Å². The van der Waals surface area contributed by atoms with Crippen LogP contribution >= 0.6 is 0 Å². The Morgan fingerprint density at radius 1 is 1.18 bits per heavy atom. The molecular formula is C24H30N6O3. The Hall–Kier alpha value is -3.01. The zero-order valence-corrected chi connectivity index (χ0v) is 19.3. The zero-order valence-electron chi connectivity index (χ0n) is 19.3. The Kier molecular flexibility index (Phi) is 5.55. The van der Waals surface area contributed by atoms with Crippen molar-refractivity contribution < 1.29 is 14.6 Å². The van der Waals surface area contributed by atoms with E-state index in [1.807, 2.05) is 36.9 Å². The molecule has 0 unspecified atom stereocenters. The van der Waals surface area contributed by atoms with Gasteiger partial charge in [0.15, 0.2) is 11.6 Å². The van der Waals surface area contributed by atoms with Gasteiger partial charge >= 0.3 is 0 Å². The summed E-state index contributed by atoms with van der Waals surface area (Å²) in [5, 5.41) is 15.3. The molecule has 9 nitrogen and oxygen atoms in total. The minimum atomic E-state index is -0.964. The van der Waals surface area contributed by atoms with Gasteiger partial charge in [-0.1, -0.05) is 0 Å². The number of ether oxygens (including phenoxy) is 2. The van der Waals surface area contributed by atoms with E-state index in [-0.39, 0.29) is 11.7 Å². The highest BCUT2D eigenvalue weighted by Crippen LogP contribution is 2.36. The van der Waals surface area contributed by atoms with E-state index in [0.717, 1.165) is 48.2 Å². The highest BCUT2D eigenvalue weighted by Gasteiger charge is 2.39. The minimum absolute atomic E-state index is 0.209. The lowest BCUT2D eigenvalue weighted by atomic mass is 9.85. The first-order chi connectivity index (χ1) is 15.8. The van der Waals surface area contributed by atoms with Crippen molar-refractivity contribution in [2.75, 3.05) is 39.1 Å². The molecular weight excluding hydrogens is 420 g/mol. The number of rotatable bonds is 5. The maximum atomic E-state index is 10.9. The zero-order chi connectivity index (χ0) is 23.2. The number of hydrogen-bond donors (Lipinski definition) is 2. The van der Waals surface area contributed by atoms with Crippen molar-refractivity contribution in [1.29, 1.82) is 0 Å². The molecule has 2 aromatic heterocycles. The second-order valence-corrected chi connectivity index (χ2v) is 9.23. The van der Waals surface area contributed by atoms with E-state index in [1.54, 1.807) is 12.4 Å². The molecule has 2 aliphatic heterocycles. The van der Waals surface area contributed by atoms with Crippen LogP contribution in [-0.2, 0) is 10.3 Å². The van der Waals surface area contributed by atoms with Gasteiger partial charge < -0.3 is 25.2 Å². The molecule has 0 radical (unpaired) electrons. The van der Waals surface area contributed by atoms with E-state index in [1.165, 1.54) is 0 Å². The molecule has 2 saturated heterocycles. The van der Waals surface area contributed by atoms with E-state index in [4.69, 9.17) is 15.2 Å². The third kappa shape index (κ3) is 4.19. The summed E-state index contributed by atoms with van der Waals surface area (Å²) in [6, 6.07) is 4.35. The summed E-state index contributed by atoms with van der Waals surface area (Å²) < 4.78 is 13.2. The predicted molar refractivity (Wildman–Crippen MR) is 124 cm³/mol. The molecule has 174 valence electrons. The standard InChI is InChI=1S/C24H30N6O3/c1-15-8-17(9-20(16(15)2)24(31)13-32-14-24)21-11-26-22(25)23(28-21)33-19-10-27-30(12-19)18-4-6-29(3)7-5-18/h8-12,18,31H,4-7,13-14H2,1-3H3,(H2,25,26). The SMILES string of the molecule is Cc1cc(-c2cnc(N)c(Oc3cnn(C4CCN(C)CC4)c3)n2)cc(C2(O)COC2)c1C. The Morgan fingerprint density at radius 3 is 2.64 bits per heavy atom. The monoisotopic (exact) mass is 450 g/mol. The number of aromatic nitrogens is 4. The molecule has 3 aromatic rings. The third-order valence-electron chi connectivity index (χ3n) is 6.77. The van der Waals surface area contributed by atoms with Crippen molar-refractivity contribution in [2.24, 2.45) is 0 Å². The average Bonchev–Trinajstić information content (AvgIpc) is 3.24. The Morgan fingerprint density at radius 2 is 1.94 bits per heavy atom. The average molecular weight is 451 g/mol. The fraction of sp³-hybridized carbons (Fsp3) is 0.458. The molecule has 5 rings (SSSR count). The molecule has 0 spiro atoms. The lowest BCUT2D eigenvalue weighted by Gasteiger charge is -2.38. The number of benzene rings is 1. The van der Waals surface area contributed by atoms with Crippen LogP contribution in [0.5, 0.6) is 11.6 Å². The maximum Gasteiger partial charge on any atom is 0.263 e. The Balaban J connectivity index is 1.41. The quantitative estimate of drug-likeness (QED) is 0.610. The van der Waals surface area contributed by atoms with Gasteiger partial charge in [0.05, 0.1) is 43.5 Å². The largest absolute Gasteiger partial charge is 0.433 e. The van der Waals surface area contributed by atoms with Gasteiger partial charge in [-0.3, -0.25) is 4.68 Å². The van der Waals surface area contributed by atoms with E-state index < -0.39 is 5.60 Å². The van der Waals surface area contributed by atoms with Crippen molar-refractivity contribution >= 4 is 5.82 Å². The van der Waals surface area contributed by atoms with Crippen LogP contribution in [0.2, 0.25) is 0 Å². The van der Waals surface area contributed by atoms with Crippen molar-refractivity contribution in [3.8, 4) is 22.9 Å². The Labute approximate surface area is 193 Å². The molecule has 0 saturated carbocycles. The van der Waals surface area contributed by atoms with Crippen LogP contribution in [0.15, 0.2) is 30.7 Å². The minimum Gasteiger partial charge on any atom is -0.433 e. The van der Waals surface area contributed by atoms with Gasteiger partial charge in [0.2, 0.25) is 0 Å². The number of nitrogen functional groups attached to an aromatic ring is 1. The number of piperidine rings is 1. The van der Waals surface area contributed by atoms with Crippen LogP contribution in [0.3, 0.4) is 0 Å². The number of nitrogens with zero attached hydrogens (tertiary/aromatic N) is 5. The fourth-order valence-corrected chi connectivity index (χ4v) is 4.48. The summed E-state index contributed by atoms with van der Waals surface area (Å²) in [4.78, 5) is 11.3. The molecule has 0 amide bonds. The van der Waals surface area contributed by atoms with E-state index in [9.17, 15) is 5.11 Å². The van der Waals surface area contributed by atoms with Gasteiger partial charge in [-0.05, 0) is 75.6 Å². The second-order valence-electron chi connectivity index (χ2n) is 9.23. The van der Waals surface area contributed by atoms with E-state index in [2.05, 4.69) is 27.0 Å². The molecule has 3 N–H and O–H groups in total. The van der Waals surface area contributed by atoms with Gasteiger partial charge in [0.1, 0.15) is 5.60 Å². The summed E-state index contributed by atoms with van der Waals surface area (Å²) in [7, 11) is 2.14. The summed E-state index contributed by atoms with van der Waals surface area (Å²) in [5.74, 6) is 1.02. The molecule has 2 aliphatic rings. The molecule has 4 heterocycles. The van der Waals surface area contributed by atoms with Crippen LogP contribution in [0, 0.1) is 13.8 Å². The van der Waals surface area contributed by atoms with Gasteiger partial charge in [-0.25, -0.2) is 9.97 Å². The second kappa shape index (κ2) is 8.40. The third-order valence-corrected chi connectivity index (χ3v) is 6.77. The van der Waals surface area contributed by atoms with Crippen molar-refractivity contribution in [2.45, 2.75) is 38.3 Å². The van der Waals surface area contributed by atoms with Gasteiger partial charge in [0.25, 0.3) is 5.88 Å². The molecule has 2 fully saturated rings. The molecule has 1 aromatic carbocycles. The number of aliphatic hydroxyl groups is 1. The van der Waals surface area contributed by atoms with Gasteiger partial charge in [-0.15, -0.1) is 0 Å².